The topological polar surface area (TPSA) is 29.0 Å². The first kappa shape index (κ1) is 10.6. The van der Waals surface area contributed by atoms with E-state index in [1.165, 1.54) is 11.4 Å². The van der Waals surface area contributed by atoms with Crippen LogP contribution in [0.5, 0.6) is 0 Å². The summed E-state index contributed by atoms with van der Waals surface area (Å²) in [6.07, 6.45) is 3.25. The maximum atomic E-state index is 9.08. The largest absolute Gasteiger partial charge is 0.391 e. The van der Waals surface area contributed by atoms with Gasteiger partial charge < -0.3 is 9.59 Å². The first-order valence-corrected chi connectivity index (χ1v) is 5.53. The number of likely N-dealkylation sites (N-methyl/N-ethyl adjacent to an activating group) is 1. The van der Waals surface area contributed by atoms with Crippen molar-refractivity contribution in [3.05, 3.63) is 17.7 Å². The van der Waals surface area contributed by atoms with E-state index >= 15 is 0 Å². The minimum absolute atomic E-state index is 0.280. The molecule has 1 aromatic heterocycles. The van der Waals surface area contributed by atoms with Crippen LogP contribution in [-0.4, -0.2) is 40.9 Å². The molecule has 0 amide bonds. The van der Waals surface area contributed by atoms with Crippen LogP contribution < -0.4 is 4.57 Å². The Morgan fingerprint density at radius 2 is 2.33 bits per heavy atom. The monoisotopic (exact) mass is 211 g/mol. The number of nitrogens with zero attached hydrogens (tertiary/aromatic N) is 3. The van der Waals surface area contributed by atoms with E-state index in [1.807, 2.05) is 0 Å². The van der Waals surface area contributed by atoms with Crippen molar-refractivity contribution >= 4 is 0 Å². The van der Waals surface area contributed by atoms with Gasteiger partial charge in [0.15, 0.2) is 5.69 Å². The Morgan fingerprint density at radius 3 is 3.00 bits per heavy atom. The van der Waals surface area contributed by atoms with E-state index in [0.29, 0.717) is 0 Å². The molecular weight excluding hydrogens is 190 g/mol. The predicted molar refractivity (Wildman–Crippen MR) is 57.0 cm³/mol. The van der Waals surface area contributed by atoms with Gasteiger partial charge in [-0.15, -0.1) is 0 Å². The summed E-state index contributed by atoms with van der Waals surface area (Å²) in [6, 6.07) is 0. The zero-order chi connectivity index (χ0) is 11.1. The molecule has 0 radical (unpaired) electrons. The second-order valence-corrected chi connectivity index (χ2v) is 4.93. The van der Waals surface area contributed by atoms with Gasteiger partial charge in [-0.2, -0.15) is 0 Å². The Kier molecular flexibility index (Phi) is 2.56. The highest BCUT2D eigenvalue weighted by atomic mass is 16.3. The van der Waals surface area contributed by atoms with Crippen molar-refractivity contribution in [1.82, 2.24) is 4.57 Å². The smallest absolute Gasteiger partial charge is 0.243 e. The Morgan fingerprint density at radius 1 is 1.60 bits per heavy atom. The second-order valence-electron chi connectivity index (χ2n) is 4.93. The average Bonchev–Trinajstić information content (AvgIpc) is 2.42. The molecule has 1 N–H and O–H groups in total. The van der Waals surface area contributed by atoms with Gasteiger partial charge in [-0.3, -0.25) is 0 Å². The van der Waals surface area contributed by atoms with Gasteiger partial charge in [-0.1, -0.05) is 0 Å². The fourth-order valence-electron chi connectivity index (χ4n) is 2.58. The number of hydrogen-bond acceptors (Lipinski definition) is 1. The third-order valence-corrected chi connectivity index (χ3v) is 3.59. The van der Waals surface area contributed by atoms with Gasteiger partial charge in [-0.25, -0.2) is 9.13 Å². The molecule has 0 saturated heterocycles. The summed E-state index contributed by atoms with van der Waals surface area (Å²) < 4.78 is 5.39. The van der Waals surface area contributed by atoms with E-state index in [0.717, 1.165) is 30.5 Å². The summed E-state index contributed by atoms with van der Waals surface area (Å²) in [7, 11) is 6.44. The molecular formula is C11H21N3O+2. The Hall–Kier alpha value is -0.870. The van der Waals surface area contributed by atoms with E-state index in [4.69, 9.17) is 5.11 Å². The number of quaternary nitrogens is 1. The molecule has 0 unspecified atom stereocenters. The normalized spacial score (nSPS) is 25.3. The van der Waals surface area contributed by atoms with Gasteiger partial charge >= 0.3 is 0 Å². The van der Waals surface area contributed by atoms with Gasteiger partial charge in [0.25, 0.3) is 0 Å². The van der Waals surface area contributed by atoms with Crippen molar-refractivity contribution in [2.75, 3.05) is 26.7 Å². The van der Waals surface area contributed by atoms with Crippen molar-refractivity contribution in [3.63, 3.8) is 0 Å². The number of rotatable bonds is 2. The molecule has 0 fully saturated rings. The fourth-order valence-corrected chi connectivity index (χ4v) is 2.58. The number of aliphatic hydroxyl groups excluding tert-OH is 1. The number of imidazole rings is 1. The van der Waals surface area contributed by atoms with Gasteiger partial charge in [0, 0.05) is 0 Å². The predicted octanol–water partition coefficient (Wildman–Crippen LogP) is -0.655. The summed E-state index contributed by atoms with van der Waals surface area (Å²) in [5.74, 6) is 0. The van der Waals surface area contributed by atoms with Crippen LogP contribution >= 0.6 is 0 Å². The Bertz CT molecular complexity index is 372. The van der Waals surface area contributed by atoms with Crippen LogP contribution in [-0.2, 0) is 27.1 Å². The third kappa shape index (κ3) is 1.79. The molecule has 2 heterocycles. The number of aromatic nitrogens is 2. The van der Waals surface area contributed by atoms with Crippen molar-refractivity contribution in [2.45, 2.75) is 13.0 Å². The van der Waals surface area contributed by atoms with Crippen molar-refractivity contribution < 1.29 is 14.2 Å². The average molecular weight is 211 g/mol. The Labute approximate surface area is 91.0 Å². The van der Waals surface area contributed by atoms with Crippen LogP contribution in [0.1, 0.15) is 11.4 Å². The summed E-state index contributed by atoms with van der Waals surface area (Å²) in [4.78, 5) is 0. The van der Waals surface area contributed by atoms with Crippen molar-refractivity contribution in [3.8, 4) is 0 Å². The van der Waals surface area contributed by atoms with E-state index in [2.05, 4.69) is 36.6 Å². The zero-order valence-corrected chi connectivity index (χ0v) is 9.90. The summed E-state index contributed by atoms with van der Waals surface area (Å²) >= 11 is 0. The van der Waals surface area contributed by atoms with Crippen LogP contribution in [0.4, 0.5) is 0 Å². The molecule has 4 nitrogen and oxygen atoms in total. The van der Waals surface area contributed by atoms with E-state index in [1.54, 1.807) is 0 Å². The quantitative estimate of drug-likeness (QED) is 0.511. The molecule has 1 aromatic rings. The van der Waals surface area contributed by atoms with Crippen LogP contribution in [0.2, 0.25) is 0 Å². The lowest BCUT2D eigenvalue weighted by Gasteiger charge is -2.35. The maximum Gasteiger partial charge on any atom is 0.243 e. The van der Waals surface area contributed by atoms with Crippen LogP contribution in [0.15, 0.2) is 6.33 Å². The number of hydrogen-bond donors (Lipinski definition) is 1. The molecule has 2 rings (SSSR count). The van der Waals surface area contributed by atoms with E-state index < -0.39 is 0 Å². The molecule has 15 heavy (non-hydrogen) atoms. The molecule has 84 valence electrons. The molecule has 1 aliphatic heterocycles. The molecule has 0 aliphatic carbocycles. The Balaban J connectivity index is 2.29. The van der Waals surface area contributed by atoms with Gasteiger partial charge in [-0.05, 0) is 0 Å². The first-order chi connectivity index (χ1) is 7.06. The lowest BCUT2D eigenvalue weighted by molar-refractivity contribution is -0.926. The summed E-state index contributed by atoms with van der Waals surface area (Å²) in [5.41, 5.74) is 2.87. The fraction of sp³-hybridized carbons (Fsp3) is 0.727. The van der Waals surface area contributed by atoms with E-state index in [9.17, 15) is 0 Å². The van der Waals surface area contributed by atoms with E-state index in [-0.39, 0.29) is 6.61 Å². The first-order valence-electron chi connectivity index (χ1n) is 5.53. The highest BCUT2D eigenvalue weighted by Gasteiger charge is 2.35. The van der Waals surface area contributed by atoms with Gasteiger partial charge in [0.05, 0.1) is 40.7 Å². The standard InChI is InChI=1S/C11H21N3O/c1-12-9-13(2)11-8-14(3,6-7-15)5-4-10(11)12/h9,15H,4-8H2,1-3H3/q+2/t14-/m0/s1. The highest BCUT2D eigenvalue weighted by Crippen LogP contribution is 2.20. The lowest BCUT2D eigenvalue weighted by Crippen LogP contribution is -2.51. The number of aryl methyl sites for hydroxylation is 2. The molecule has 4 heteroatoms. The van der Waals surface area contributed by atoms with Gasteiger partial charge in [0.1, 0.15) is 13.1 Å². The number of fused-ring (bicyclic) bond motifs is 1. The van der Waals surface area contributed by atoms with Crippen molar-refractivity contribution in [1.29, 1.82) is 0 Å². The highest BCUT2D eigenvalue weighted by molar-refractivity contribution is 5.08. The van der Waals surface area contributed by atoms with Crippen LogP contribution in [0, 0.1) is 0 Å². The molecule has 0 bridgehead atoms. The molecule has 0 saturated carbocycles. The second kappa shape index (κ2) is 3.61. The summed E-state index contributed by atoms with van der Waals surface area (Å²) in [6.45, 7) is 3.30. The molecule has 1 aliphatic rings. The zero-order valence-electron chi connectivity index (χ0n) is 9.90. The molecule has 0 spiro atoms. The third-order valence-electron chi connectivity index (χ3n) is 3.59. The molecule has 1 atom stereocenters. The molecule has 0 aromatic carbocycles. The minimum atomic E-state index is 0.280. The van der Waals surface area contributed by atoms with Crippen LogP contribution in [0.3, 0.4) is 0 Å². The minimum Gasteiger partial charge on any atom is -0.391 e. The number of aliphatic hydroxyl groups is 1. The van der Waals surface area contributed by atoms with Crippen molar-refractivity contribution in [2.24, 2.45) is 14.1 Å². The van der Waals surface area contributed by atoms with Crippen LogP contribution in [0.25, 0.3) is 0 Å². The summed E-state index contributed by atoms with van der Waals surface area (Å²) in [5, 5.41) is 9.08. The lowest BCUT2D eigenvalue weighted by atomic mass is 10.1. The maximum absolute atomic E-state index is 9.08. The SMILES string of the molecule is Cn1c[n+](C)c2c1C[N@+](C)(CCO)CC2. The van der Waals surface area contributed by atoms with Gasteiger partial charge in [0.2, 0.25) is 12.0 Å².